The van der Waals surface area contributed by atoms with Gasteiger partial charge in [0.15, 0.2) is 0 Å². The Balaban J connectivity index is 1.49. The van der Waals surface area contributed by atoms with E-state index in [-0.39, 0.29) is 25.0 Å². The average Bonchev–Trinajstić information content (AvgIpc) is 3.28. The molecular formula is C24H33ClN4O4. The molecule has 2 aromatic rings. The number of morpholine rings is 2. The van der Waals surface area contributed by atoms with Crippen LogP contribution in [0.5, 0.6) is 5.75 Å². The largest absolute Gasteiger partial charge is 0.491 e. The highest BCUT2D eigenvalue weighted by Crippen LogP contribution is 2.27. The van der Waals surface area contributed by atoms with Gasteiger partial charge in [-0.1, -0.05) is 11.6 Å². The van der Waals surface area contributed by atoms with E-state index < -0.39 is 5.60 Å². The van der Waals surface area contributed by atoms with Crippen LogP contribution in [0.25, 0.3) is 0 Å². The first kappa shape index (κ1) is 24.0. The molecule has 0 bridgehead atoms. The molecule has 4 rings (SSSR count). The molecule has 2 aliphatic rings. The van der Waals surface area contributed by atoms with E-state index in [0.29, 0.717) is 50.2 Å². The Morgan fingerprint density at radius 2 is 1.91 bits per heavy atom. The lowest BCUT2D eigenvalue weighted by Gasteiger charge is -2.43. The van der Waals surface area contributed by atoms with Crippen LogP contribution < -0.4 is 4.74 Å². The van der Waals surface area contributed by atoms with E-state index in [9.17, 15) is 4.79 Å². The third kappa shape index (κ3) is 6.26. The minimum absolute atomic E-state index is 0.0760. The summed E-state index contributed by atoms with van der Waals surface area (Å²) in [5, 5.41) is 5.11. The van der Waals surface area contributed by atoms with Crippen LogP contribution >= 0.6 is 11.6 Å². The zero-order chi connectivity index (χ0) is 23.3. The Kier molecular flexibility index (Phi) is 7.90. The number of rotatable bonds is 8. The summed E-state index contributed by atoms with van der Waals surface area (Å²) in [6, 6.07) is 9.60. The highest BCUT2D eigenvalue weighted by atomic mass is 35.5. The van der Waals surface area contributed by atoms with Crippen LogP contribution in [-0.4, -0.2) is 83.7 Å². The minimum Gasteiger partial charge on any atom is -0.491 e. The molecule has 2 aliphatic heterocycles. The lowest BCUT2D eigenvalue weighted by molar-refractivity contribution is -0.159. The number of ether oxygens (including phenoxy) is 3. The van der Waals surface area contributed by atoms with Crippen molar-refractivity contribution in [3.8, 4) is 5.75 Å². The van der Waals surface area contributed by atoms with Gasteiger partial charge in [-0.15, -0.1) is 0 Å². The topological polar surface area (TPSA) is 69.1 Å². The van der Waals surface area contributed by atoms with Crippen molar-refractivity contribution in [1.82, 2.24) is 19.6 Å². The van der Waals surface area contributed by atoms with Gasteiger partial charge in [0.05, 0.1) is 31.9 Å². The number of benzene rings is 1. The van der Waals surface area contributed by atoms with Gasteiger partial charge in [-0.25, -0.2) is 0 Å². The lowest BCUT2D eigenvalue weighted by atomic mass is 9.96. The Labute approximate surface area is 200 Å². The van der Waals surface area contributed by atoms with Crippen LogP contribution in [0, 0.1) is 0 Å². The van der Waals surface area contributed by atoms with E-state index in [2.05, 4.69) is 29.9 Å². The first-order valence-electron chi connectivity index (χ1n) is 11.6. The standard InChI is InChI=1S/C24H33ClN4O4/c1-19(2)29-21(7-8-26-29)16-27-9-14-33-24(17-27,15-23(30)28-10-12-31-13-11-28)18-32-22-5-3-20(25)4-6-22/h3-8,19H,9-18H2,1-2H3/t24-/m0/s1. The molecule has 9 heteroatoms. The summed E-state index contributed by atoms with van der Waals surface area (Å²) in [6.07, 6.45) is 2.11. The van der Waals surface area contributed by atoms with Crippen LogP contribution in [0.1, 0.15) is 32.0 Å². The maximum Gasteiger partial charge on any atom is 0.225 e. The minimum atomic E-state index is -0.740. The van der Waals surface area contributed by atoms with Crippen molar-refractivity contribution in [1.29, 1.82) is 0 Å². The zero-order valence-electron chi connectivity index (χ0n) is 19.4. The van der Waals surface area contributed by atoms with Crippen molar-refractivity contribution >= 4 is 17.5 Å². The van der Waals surface area contributed by atoms with Crippen LogP contribution in [0.2, 0.25) is 5.02 Å². The molecule has 2 fully saturated rings. The number of halogens is 1. The monoisotopic (exact) mass is 476 g/mol. The van der Waals surface area contributed by atoms with Gasteiger partial charge in [0, 0.05) is 50.0 Å². The first-order valence-corrected chi connectivity index (χ1v) is 11.9. The molecular weight excluding hydrogens is 444 g/mol. The normalized spacial score (nSPS) is 22.0. The maximum absolute atomic E-state index is 13.2. The summed E-state index contributed by atoms with van der Waals surface area (Å²) in [6.45, 7) is 9.59. The number of aromatic nitrogens is 2. The lowest BCUT2D eigenvalue weighted by Crippen LogP contribution is -2.57. The highest BCUT2D eigenvalue weighted by molar-refractivity contribution is 6.30. The quantitative estimate of drug-likeness (QED) is 0.583. The smallest absolute Gasteiger partial charge is 0.225 e. The molecule has 0 spiro atoms. The van der Waals surface area contributed by atoms with E-state index in [0.717, 1.165) is 18.8 Å². The van der Waals surface area contributed by atoms with Gasteiger partial charge in [0.2, 0.25) is 5.91 Å². The summed E-state index contributed by atoms with van der Waals surface area (Å²) < 4.78 is 19.9. The molecule has 0 saturated carbocycles. The molecule has 2 saturated heterocycles. The van der Waals surface area contributed by atoms with Gasteiger partial charge in [0.1, 0.15) is 18.0 Å². The van der Waals surface area contributed by atoms with E-state index in [1.54, 1.807) is 12.1 Å². The second-order valence-electron chi connectivity index (χ2n) is 9.02. The number of carbonyl (C=O) groups excluding carboxylic acids is 1. The van der Waals surface area contributed by atoms with Gasteiger partial charge >= 0.3 is 0 Å². The third-order valence-electron chi connectivity index (χ3n) is 6.11. The molecule has 8 nitrogen and oxygen atoms in total. The van der Waals surface area contributed by atoms with Crippen molar-refractivity contribution in [2.75, 3.05) is 52.6 Å². The van der Waals surface area contributed by atoms with Crippen LogP contribution in [-0.2, 0) is 20.8 Å². The molecule has 0 radical (unpaired) electrons. The second-order valence-corrected chi connectivity index (χ2v) is 9.45. The Morgan fingerprint density at radius 1 is 1.15 bits per heavy atom. The van der Waals surface area contributed by atoms with Crippen LogP contribution in [0.4, 0.5) is 0 Å². The number of hydrogen-bond acceptors (Lipinski definition) is 6. The average molecular weight is 477 g/mol. The first-order chi connectivity index (χ1) is 15.9. The number of amides is 1. The predicted octanol–water partition coefficient (Wildman–Crippen LogP) is 3.02. The van der Waals surface area contributed by atoms with Gasteiger partial charge in [-0.05, 0) is 44.2 Å². The van der Waals surface area contributed by atoms with E-state index in [1.165, 1.54) is 0 Å². The molecule has 1 atom stereocenters. The summed E-state index contributed by atoms with van der Waals surface area (Å²) in [5.41, 5.74) is 0.412. The van der Waals surface area contributed by atoms with Crippen molar-refractivity contribution in [2.24, 2.45) is 0 Å². The van der Waals surface area contributed by atoms with Gasteiger partial charge in [-0.2, -0.15) is 5.10 Å². The second kappa shape index (κ2) is 10.9. The van der Waals surface area contributed by atoms with E-state index in [4.69, 9.17) is 25.8 Å². The highest BCUT2D eigenvalue weighted by Gasteiger charge is 2.41. The maximum atomic E-state index is 13.2. The molecule has 33 heavy (non-hydrogen) atoms. The summed E-state index contributed by atoms with van der Waals surface area (Å²) in [4.78, 5) is 17.4. The SMILES string of the molecule is CC(C)n1nccc1CN1CCO[C@@](COc2ccc(Cl)cc2)(CC(=O)N2CCOCC2)C1. The molecule has 0 N–H and O–H groups in total. The third-order valence-corrected chi connectivity index (χ3v) is 6.36. The molecule has 3 heterocycles. The summed E-state index contributed by atoms with van der Waals surface area (Å²) in [5.74, 6) is 0.781. The van der Waals surface area contributed by atoms with E-state index in [1.807, 2.05) is 27.9 Å². The predicted molar refractivity (Wildman–Crippen MR) is 126 cm³/mol. The fourth-order valence-corrected chi connectivity index (χ4v) is 4.54. The molecule has 1 amide bonds. The van der Waals surface area contributed by atoms with Crippen LogP contribution in [0.15, 0.2) is 36.5 Å². The van der Waals surface area contributed by atoms with Crippen molar-refractivity contribution < 1.29 is 19.0 Å². The van der Waals surface area contributed by atoms with Crippen LogP contribution in [0.3, 0.4) is 0 Å². The Bertz CT molecular complexity index is 913. The van der Waals surface area contributed by atoms with Crippen molar-refractivity contribution in [3.63, 3.8) is 0 Å². The Hall–Kier alpha value is -2.13. The number of hydrogen-bond donors (Lipinski definition) is 0. The number of carbonyl (C=O) groups is 1. The Morgan fingerprint density at radius 3 is 2.64 bits per heavy atom. The molecule has 1 aromatic heterocycles. The van der Waals surface area contributed by atoms with E-state index >= 15 is 0 Å². The van der Waals surface area contributed by atoms with Gasteiger partial charge in [-0.3, -0.25) is 14.4 Å². The summed E-state index contributed by atoms with van der Waals surface area (Å²) >= 11 is 6.01. The van der Waals surface area contributed by atoms with Crippen molar-refractivity contribution in [3.05, 3.63) is 47.2 Å². The fraction of sp³-hybridized carbons (Fsp3) is 0.583. The van der Waals surface area contributed by atoms with Gasteiger partial charge in [0.25, 0.3) is 0 Å². The molecule has 0 aliphatic carbocycles. The molecule has 180 valence electrons. The molecule has 1 aromatic carbocycles. The summed E-state index contributed by atoms with van der Waals surface area (Å²) in [7, 11) is 0. The number of nitrogens with zero attached hydrogens (tertiary/aromatic N) is 4. The van der Waals surface area contributed by atoms with Crippen molar-refractivity contribution in [2.45, 2.75) is 38.5 Å². The van der Waals surface area contributed by atoms with Gasteiger partial charge < -0.3 is 19.1 Å². The zero-order valence-corrected chi connectivity index (χ0v) is 20.2. The molecule has 0 unspecified atom stereocenters. The fourth-order valence-electron chi connectivity index (χ4n) is 4.41.